The molecule has 6 heteroatoms. The van der Waals surface area contributed by atoms with Gasteiger partial charge in [0.15, 0.2) is 0 Å². The highest BCUT2D eigenvalue weighted by molar-refractivity contribution is 5.93. The van der Waals surface area contributed by atoms with Gasteiger partial charge in [0.25, 0.3) is 0 Å². The Balaban J connectivity index is 2.63. The van der Waals surface area contributed by atoms with Gasteiger partial charge in [0.2, 0.25) is 0 Å². The summed E-state index contributed by atoms with van der Waals surface area (Å²) in [5, 5.41) is 0. The average molecular weight is 306 g/mol. The van der Waals surface area contributed by atoms with Gasteiger partial charge in [-0.2, -0.15) is 0 Å². The fraction of sp³-hybridized carbons (Fsp3) is 0.125. The van der Waals surface area contributed by atoms with E-state index in [1.54, 1.807) is 0 Å². The first-order chi connectivity index (χ1) is 10.5. The monoisotopic (exact) mass is 306 g/mol. The van der Waals surface area contributed by atoms with Crippen LogP contribution in [0.25, 0.3) is 11.1 Å². The zero-order valence-electron chi connectivity index (χ0n) is 11.9. The molecule has 0 aliphatic rings. The number of carbonyl (C=O) groups is 2. The number of hydrogen-bond acceptors (Lipinski definition) is 4. The Bertz CT molecular complexity index is 677. The van der Waals surface area contributed by atoms with Crippen LogP contribution in [0.5, 0.6) is 0 Å². The van der Waals surface area contributed by atoms with Gasteiger partial charge in [-0.25, -0.2) is 18.4 Å². The highest BCUT2D eigenvalue weighted by atomic mass is 19.1. The van der Waals surface area contributed by atoms with Crippen molar-refractivity contribution in [3.05, 3.63) is 59.2 Å². The molecular weight excluding hydrogens is 294 g/mol. The topological polar surface area (TPSA) is 52.6 Å². The third kappa shape index (κ3) is 2.67. The van der Waals surface area contributed by atoms with Crippen molar-refractivity contribution in [2.24, 2.45) is 0 Å². The lowest BCUT2D eigenvalue weighted by Crippen LogP contribution is -2.08. The second kappa shape index (κ2) is 6.34. The first-order valence-electron chi connectivity index (χ1n) is 6.25. The van der Waals surface area contributed by atoms with Gasteiger partial charge in [-0.3, -0.25) is 0 Å². The molecule has 0 saturated heterocycles. The Morgan fingerprint density at radius 1 is 0.773 bits per heavy atom. The van der Waals surface area contributed by atoms with Gasteiger partial charge < -0.3 is 9.47 Å². The molecule has 4 nitrogen and oxygen atoms in total. The van der Waals surface area contributed by atoms with Gasteiger partial charge in [0, 0.05) is 11.1 Å². The van der Waals surface area contributed by atoms with E-state index in [0.29, 0.717) is 0 Å². The summed E-state index contributed by atoms with van der Waals surface area (Å²) in [5.41, 5.74) is -0.928. The first kappa shape index (κ1) is 15.6. The maximum Gasteiger partial charge on any atom is 0.340 e. The number of ether oxygens (including phenoxy) is 2. The van der Waals surface area contributed by atoms with Crippen molar-refractivity contribution in [3.8, 4) is 11.1 Å². The molecule has 22 heavy (non-hydrogen) atoms. The largest absolute Gasteiger partial charge is 0.465 e. The first-order valence-corrected chi connectivity index (χ1v) is 6.25. The fourth-order valence-electron chi connectivity index (χ4n) is 2.02. The van der Waals surface area contributed by atoms with Gasteiger partial charge in [0.1, 0.15) is 11.6 Å². The quantitative estimate of drug-likeness (QED) is 0.817. The van der Waals surface area contributed by atoms with E-state index in [-0.39, 0.29) is 22.3 Å². The lowest BCUT2D eigenvalue weighted by molar-refractivity contribution is 0.0586. The summed E-state index contributed by atoms with van der Waals surface area (Å²) >= 11 is 0. The van der Waals surface area contributed by atoms with E-state index >= 15 is 0 Å². The summed E-state index contributed by atoms with van der Waals surface area (Å²) in [5.74, 6) is -3.58. The summed E-state index contributed by atoms with van der Waals surface area (Å²) in [6.07, 6.45) is 0. The SMILES string of the molecule is COC(=O)c1cccc(-c2cccc(C(=O)OC)c2F)c1F. The van der Waals surface area contributed by atoms with Gasteiger partial charge in [-0.1, -0.05) is 24.3 Å². The molecule has 2 rings (SSSR count). The summed E-state index contributed by atoms with van der Waals surface area (Å²) < 4.78 is 37.8. The van der Waals surface area contributed by atoms with Crippen LogP contribution in [0.1, 0.15) is 20.7 Å². The molecule has 0 amide bonds. The molecule has 0 unspecified atom stereocenters. The number of esters is 2. The molecular formula is C16H12F2O4. The molecule has 0 atom stereocenters. The fourth-order valence-corrected chi connectivity index (χ4v) is 2.02. The molecule has 0 saturated carbocycles. The number of benzene rings is 2. The van der Waals surface area contributed by atoms with Crippen LogP contribution in [0.2, 0.25) is 0 Å². The van der Waals surface area contributed by atoms with Crippen molar-refractivity contribution < 1.29 is 27.8 Å². The zero-order valence-corrected chi connectivity index (χ0v) is 11.9. The molecule has 0 bridgehead atoms. The Labute approximate surface area is 125 Å². The molecule has 0 heterocycles. The molecule has 0 N–H and O–H groups in total. The van der Waals surface area contributed by atoms with E-state index in [0.717, 1.165) is 14.2 Å². The van der Waals surface area contributed by atoms with Crippen LogP contribution in [0.4, 0.5) is 8.78 Å². The number of rotatable bonds is 3. The lowest BCUT2D eigenvalue weighted by atomic mass is 9.99. The molecule has 0 radical (unpaired) electrons. The van der Waals surface area contributed by atoms with E-state index in [4.69, 9.17) is 0 Å². The van der Waals surface area contributed by atoms with E-state index < -0.39 is 23.6 Å². The second-order valence-corrected chi connectivity index (χ2v) is 4.32. The van der Waals surface area contributed by atoms with Crippen LogP contribution in [0.3, 0.4) is 0 Å². The standard InChI is InChI=1S/C16H12F2O4/c1-21-15(19)11-7-3-5-9(13(11)17)10-6-4-8-12(14(10)18)16(20)22-2/h3-8H,1-2H3. The van der Waals surface area contributed by atoms with Crippen molar-refractivity contribution in [2.75, 3.05) is 14.2 Å². The van der Waals surface area contributed by atoms with Crippen LogP contribution in [-0.4, -0.2) is 26.2 Å². The Morgan fingerprint density at radius 2 is 1.14 bits per heavy atom. The number of carbonyl (C=O) groups excluding carboxylic acids is 2. The van der Waals surface area contributed by atoms with Gasteiger partial charge in [-0.05, 0) is 12.1 Å². The smallest absolute Gasteiger partial charge is 0.340 e. The highest BCUT2D eigenvalue weighted by Gasteiger charge is 2.21. The summed E-state index contributed by atoms with van der Waals surface area (Å²) in [6.45, 7) is 0. The van der Waals surface area contributed by atoms with Gasteiger partial charge in [-0.15, -0.1) is 0 Å². The molecule has 0 aliphatic carbocycles. The third-order valence-corrected chi connectivity index (χ3v) is 3.10. The van der Waals surface area contributed by atoms with E-state index in [9.17, 15) is 18.4 Å². The summed E-state index contributed by atoms with van der Waals surface area (Å²) in [6, 6.07) is 7.87. The summed E-state index contributed by atoms with van der Waals surface area (Å²) in [4.78, 5) is 23.0. The zero-order chi connectivity index (χ0) is 16.3. The van der Waals surface area contributed by atoms with Crippen molar-refractivity contribution in [3.63, 3.8) is 0 Å². The van der Waals surface area contributed by atoms with Crippen LogP contribution in [0.15, 0.2) is 36.4 Å². The molecule has 0 aromatic heterocycles. The van der Waals surface area contributed by atoms with Crippen molar-refractivity contribution in [1.29, 1.82) is 0 Å². The van der Waals surface area contributed by atoms with Crippen molar-refractivity contribution in [2.45, 2.75) is 0 Å². The highest BCUT2D eigenvalue weighted by Crippen LogP contribution is 2.29. The maximum atomic E-state index is 14.4. The molecule has 0 spiro atoms. The van der Waals surface area contributed by atoms with Crippen molar-refractivity contribution in [1.82, 2.24) is 0 Å². The minimum atomic E-state index is -0.921. The number of methoxy groups -OCH3 is 2. The Hall–Kier alpha value is -2.76. The minimum absolute atomic E-state index is 0.147. The molecule has 0 fully saturated rings. The van der Waals surface area contributed by atoms with Crippen molar-refractivity contribution >= 4 is 11.9 Å². The molecule has 114 valence electrons. The third-order valence-electron chi connectivity index (χ3n) is 3.10. The van der Waals surface area contributed by atoms with Crippen LogP contribution in [0, 0.1) is 11.6 Å². The molecule has 2 aromatic rings. The number of halogens is 2. The second-order valence-electron chi connectivity index (χ2n) is 4.32. The lowest BCUT2D eigenvalue weighted by Gasteiger charge is -2.10. The minimum Gasteiger partial charge on any atom is -0.465 e. The predicted molar refractivity (Wildman–Crippen MR) is 74.5 cm³/mol. The molecule has 2 aromatic carbocycles. The van der Waals surface area contributed by atoms with Gasteiger partial charge in [0.05, 0.1) is 25.3 Å². The predicted octanol–water partition coefficient (Wildman–Crippen LogP) is 3.21. The van der Waals surface area contributed by atoms with Crippen LogP contribution >= 0.6 is 0 Å². The van der Waals surface area contributed by atoms with E-state index in [1.165, 1.54) is 36.4 Å². The average Bonchev–Trinajstić information content (AvgIpc) is 2.54. The normalized spacial score (nSPS) is 10.2. The Kier molecular flexibility index (Phi) is 4.50. The summed E-state index contributed by atoms with van der Waals surface area (Å²) in [7, 11) is 2.24. The number of hydrogen-bond donors (Lipinski definition) is 0. The molecule has 0 aliphatic heterocycles. The Morgan fingerprint density at radius 3 is 1.45 bits per heavy atom. The van der Waals surface area contributed by atoms with Crippen LogP contribution in [-0.2, 0) is 9.47 Å². The van der Waals surface area contributed by atoms with E-state index in [2.05, 4.69) is 9.47 Å². The maximum absolute atomic E-state index is 14.4. The van der Waals surface area contributed by atoms with Gasteiger partial charge >= 0.3 is 11.9 Å². The van der Waals surface area contributed by atoms with Crippen LogP contribution < -0.4 is 0 Å². The van der Waals surface area contributed by atoms with E-state index in [1.807, 2.05) is 0 Å².